The molecule has 0 saturated heterocycles. The van der Waals surface area contributed by atoms with Gasteiger partial charge in [0.05, 0.1) is 24.2 Å². The first kappa shape index (κ1) is 18.8. The van der Waals surface area contributed by atoms with E-state index in [2.05, 4.69) is 31.2 Å². The summed E-state index contributed by atoms with van der Waals surface area (Å²) in [7, 11) is 1.67. The zero-order valence-electron chi connectivity index (χ0n) is 16.9. The van der Waals surface area contributed by atoms with E-state index in [9.17, 15) is 0 Å². The average molecular weight is 384 g/mol. The van der Waals surface area contributed by atoms with Crippen molar-refractivity contribution >= 4 is 0 Å². The summed E-state index contributed by atoms with van der Waals surface area (Å²) in [5.74, 6) is 1.67. The van der Waals surface area contributed by atoms with Crippen molar-refractivity contribution in [2.24, 2.45) is 0 Å². The second kappa shape index (κ2) is 8.23. The molecule has 146 valence electrons. The van der Waals surface area contributed by atoms with Crippen LogP contribution in [0.3, 0.4) is 0 Å². The van der Waals surface area contributed by atoms with E-state index in [1.54, 1.807) is 7.11 Å². The van der Waals surface area contributed by atoms with Crippen LogP contribution in [0.1, 0.15) is 16.8 Å². The predicted octanol–water partition coefficient (Wildman–Crippen LogP) is 5.74. The number of hydrogen-bond acceptors (Lipinski definition) is 3. The largest absolute Gasteiger partial charge is 0.497 e. The van der Waals surface area contributed by atoms with E-state index in [1.165, 1.54) is 5.56 Å². The van der Waals surface area contributed by atoms with Gasteiger partial charge in [0.2, 0.25) is 0 Å². The molecule has 0 radical (unpaired) electrons. The van der Waals surface area contributed by atoms with Gasteiger partial charge in [0.15, 0.2) is 0 Å². The summed E-state index contributed by atoms with van der Waals surface area (Å²) in [6, 6.07) is 26.3. The highest BCUT2D eigenvalue weighted by Gasteiger charge is 2.15. The van der Waals surface area contributed by atoms with Gasteiger partial charge in [0.25, 0.3) is 0 Å². The van der Waals surface area contributed by atoms with E-state index in [0.29, 0.717) is 6.61 Å². The molecule has 0 bridgehead atoms. The van der Waals surface area contributed by atoms with Gasteiger partial charge in [-0.15, -0.1) is 0 Å². The molecule has 0 amide bonds. The van der Waals surface area contributed by atoms with Crippen LogP contribution in [0.5, 0.6) is 11.5 Å². The second-order valence-corrected chi connectivity index (χ2v) is 6.97. The number of para-hydroxylation sites is 1. The van der Waals surface area contributed by atoms with Crippen LogP contribution < -0.4 is 9.47 Å². The molecule has 3 aromatic carbocycles. The maximum atomic E-state index is 6.05. The number of methoxy groups -OCH3 is 1. The highest BCUT2D eigenvalue weighted by atomic mass is 16.5. The van der Waals surface area contributed by atoms with Gasteiger partial charge in [-0.1, -0.05) is 42.5 Å². The lowest BCUT2D eigenvalue weighted by molar-refractivity contribution is 0.306. The van der Waals surface area contributed by atoms with Crippen molar-refractivity contribution in [2.45, 2.75) is 20.5 Å². The van der Waals surface area contributed by atoms with Crippen LogP contribution in [0, 0.1) is 13.8 Å². The van der Waals surface area contributed by atoms with Gasteiger partial charge in [-0.2, -0.15) is 5.10 Å². The van der Waals surface area contributed by atoms with E-state index in [0.717, 1.165) is 39.7 Å². The zero-order chi connectivity index (χ0) is 20.2. The van der Waals surface area contributed by atoms with Gasteiger partial charge in [-0.05, 0) is 61.4 Å². The third kappa shape index (κ3) is 4.02. The predicted molar refractivity (Wildman–Crippen MR) is 116 cm³/mol. The van der Waals surface area contributed by atoms with E-state index < -0.39 is 0 Å². The summed E-state index contributed by atoms with van der Waals surface area (Å²) in [5.41, 5.74) is 6.50. The molecular formula is C25H24N2O2. The SMILES string of the molecule is COc1ccc(COc2cccc(-c3c(C)c(C)nn3-c3ccccc3)c2)cc1. The Morgan fingerprint density at radius 2 is 1.59 bits per heavy atom. The van der Waals surface area contributed by atoms with Crippen LogP contribution in [-0.2, 0) is 6.61 Å². The Bertz CT molecular complexity index is 1100. The molecule has 0 fully saturated rings. The monoisotopic (exact) mass is 384 g/mol. The smallest absolute Gasteiger partial charge is 0.120 e. The first-order valence-corrected chi connectivity index (χ1v) is 9.63. The van der Waals surface area contributed by atoms with Gasteiger partial charge in [-0.3, -0.25) is 0 Å². The highest BCUT2D eigenvalue weighted by Crippen LogP contribution is 2.31. The topological polar surface area (TPSA) is 36.3 Å². The molecule has 4 heteroatoms. The minimum Gasteiger partial charge on any atom is -0.497 e. The van der Waals surface area contributed by atoms with Gasteiger partial charge in [-0.25, -0.2) is 4.68 Å². The molecule has 4 rings (SSSR count). The van der Waals surface area contributed by atoms with E-state index in [-0.39, 0.29) is 0 Å². The fraction of sp³-hybridized carbons (Fsp3) is 0.160. The van der Waals surface area contributed by atoms with Crippen LogP contribution in [0.4, 0.5) is 0 Å². The quantitative estimate of drug-likeness (QED) is 0.425. The Balaban J connectivity index is 1.62. The van der Waals surface area contributed by atoms with Gasteiger partial charge >= 0.3 is 0 Å². The summed E-state index contributed by atoms with van der Waals surface area (Å²) in [6.07, 6.45) is 0. The Morgan fingerprint density at radius 3 is 2.31 bits per heavy atom. The van der Waals surface area contributed by atoms with E-state index in [4.69, 9.17) is 14.6 Å². The molecule has 0 unspecified atom stereocenters. The maximum Gasteiger partial charge on any atom is 0.120 e. The lowest BCUT2D eigenvalue weighted by Gasteiger charge is -2.11. The van der Waals surface area contributed by atoms with Gasteiger partial charge < -0.3 is 9.47 Å². The van der Waals surface area contributed by atoms with Crippen molar-refractivity contribution in [3.05, 3.63) is 95.7 Å². The number of nitrogens with zero attached hydrogens (tertiary/aromatic N) is 2. The van der Waals surface area contributed by atoms with Crippen LogP contribution in [0.25, 0.3) is 16.9 Å². The van der Waals surface area contributed by atoms with Crippen molar-refractivity contribution in [1.29, 1.82) is 0 Å². The normalized spacial score (nSPS) is 10.7. The standard InChI is InChI=1S/C25H24N2O2/c1-18-19(2)26-27(22-9-5-4-6-10-22)25(18)21-8-7-11-24(16-21)29-17-20-12-14-23(28-3)15-13-20/h4-16H,17H2,1-3H3. The minimum absolute atomic E-state index is 0.503. The molecule has 0 aliphatic carbocycles. The van der Waals surface area contributed by atoms with Crippen molar-refractivity contribution in [2.75, 3.05) is 7.11 Å². The Hall–Kier alpha value is -3.53. The first-order valence-electron chi connectivity index (χ1n) is 9.63. The summed E-state index contributed by atoms with van der Waals surface area (Å²) >= 11 is 0. The van der Waals surface area contributed by atoms with Crippen LogP contribution >= 0.6 is 0 Å². The molecule has 4 nitrogen and oxygen atoms in total. The van der Waals surface area contributed by atoms with E-state index >= 15 is 0 Å². The minimum atomic E-state index is 0.503. The molecule has 0 atom stereocenters. The van der Waals surface area contributed by atoms with Crippen LogP contribution in [0.2, 0.25) is 0 Å². The summed E-state index contributed by atoms with van der Waals surface area (Å²) < 4.78 is 13.3. The molecule has 4 aromatic rings. The molecule has 0 aliphatic rings. The Kier molecular flexibility index (Phi) is 5.34. The third-order valence-electron chi connectivity index (χ3n) is 5.03. The maximum absolute atomic E-state index is 6.05. The average Bonchev–Trinajstić information content (AvgIpc) is 3.08. The van der Waals surface area contributed by atoms with Gasteiger partial charge in [0, 0.05) is 5.56 Å². The molecule has 1 aromatic heterocycles. The lowest BCUT2D eigenvalue weighted by Crippen LogP contribution is -2.00. The number of ether oxygens (including phenoxy) is 2. The van der Waals surface area contributed by atoms with Crippen LogP contribution in [0.15, 0.2) is 78.9 Å². The second-order valence-electron chi connectivity index (χ2n) is 6.97. The first-order chi connectivity index (χ1) is 14.2. The number of aryl methyl sites for hydroxylation is 1. The molecule has 0 saturated carbocycles. The molecular weight excluding hydrogens is 360 g/mol. The summed E-state index contributed by atoms with van der Waals surface area (Å²) in [4.78, 5) is 0. The fourth-order valence-corrected chi connectivity index (χ4v) is 3.32. The number of hydrogen-bond donors (Lipinski definition) is 0. The number of rotatable bonds is 6. The van der Waals surface area contributed by atoms with Crippen molar-refractivity contribution in [3.8, 4) is 28.4 Å². The molecule has 0 aliphatic heterocycles. The number of aromatic nitrogens is 2. The molecule has 1 heterocycles. The fourth-order valence-electron chi connectivity index (χ4n) is 3.32. The highest BCUT2D eigenvalue weighted by molar-refractivity contribution is 5.68. The molecule has 0 spiro atoms. The van der Waals surface area contributed by atoms with Crippen molar-refractivity contribution in [3.63, 3.8) is 0 Å². The molecule has 29 heavy (non-hydrogen) atoms. The summed E-state index contributed by atoms with van der Waals surface area (Å²) in [6.45, 7) is 4.66. The third-order valence-corrected chi connectivity index (χ3v) is 5.03. The van der Waals surface area contributed by atoms with Crippen molar-refractivity contribution in [1.82, 2.24) is 9.78 Å². The molecule has 0 N–H and O–H groups in total. The zero-order valence-corrected chi connectivity index (χ0v) is 16.9. The van der Waals surface area contributed by atoms with E-state index in [1.807, 2.05) is 66.2 Å². The summed E-state index contributed by atoms with van der Waals surface area (Å²) in [5, 5.41) is 4.76. The number of benzene rings is 3. The van der Waals surface area contributed by atoms with Crippen molar-refractivity contribution < 1.29 is 9.47 Å². The Labute approximate surface area is 171 Å². The van der Waals surface area contributed by atoms with Gasteiger partial charge in [0.1, 0.15) is 18.1 Å². The Morgan fingerprint density at radius 1 is 0.828 bits per heavy atom. The lowest BCUT2D eigenvalue weighted by atomic mass is 10.1. The van der Waals surface area contributed by atoms with Crippen LogP contribution in [-0.4, -0.2) is 16.9 Å².